The lowest BCUT2D eigenvalue weighted by atomic mass is 10.1. The van der Waals surface area contributed by atoms with Crippen molar-refractivity contribution in [2.24, 2.45) is 0 Å². The third-order valence-corrected chi connectivity index (χ3v) is 3.55. The zero-order valence-electron chi connectivity index (χ0n) is 7.77. The largest absolute Gasteiger partial charge is 0.440 e. The van der Waals surface area contributed by atoms with E-state index in [9.17, 15) is 0 Å². The van der Waals surface area contributed by atoms with E-state index in [2.05, 4.69) is 16.9 Å². The summed E-state index contributed by atoms with van der Waals surface area (Å²) in [5, 5.41) is 1.50. The Hall–Kier alpha value is -0.480. The Morgan fingerprint density at radius 3 is 2.92 bits per heavy atom. The first-order valence-corrected chi connectivity index (χ1v) is 5.47. The summed E-state index contributed by atoms with van der Waals surface area (Å²) in [6.45, 7) is 2.39. The highest BCUT2D eigenvalue weighted by Crippen LogP contribution is 2.28. The molecule has 0 aliphatic carbocycles. The van der Waals surface area contributed by atoms with E-state index in [4.69, 9.17) is 4.42 Å². The maximum Gasteiger partial charge on any atom is 0.255 e. The van der Waals surface area contributed by atoms with Crippen LogP contribution in [0.3, 0.4) is 0 Å². The fourth-order valence-corrected chi connectivity index (χ4v) is 2.48. The molecule has 1 aliphatic heterocycles. The topological polar surface area (TPSA) is 29.3 Å². The second-order valence-corrected chi connectivity index (χ2v) is 4.67. The molecule has 1 aromatic rings. The van der Waals surface area contributed by atoms with Crippen molar-refractivity contribution < 1.29 is 4.42 Å². The van der Waals surface area contributed by atoms with Crippen LogP contribution in [-0.2, 0) is 0 Å². The molecule has 2 rings (SSSR count). The van der Waals surface area contributed by atoms with Crippen LogP contribution in [0.5, 0.6) is 0 Å². The van der Waals surface area contributed by atoms with Crippen LogP contribution >= 0.6 is 11.8 Å². The zero-order valence-corrected chi connectivity index (χ0v) is 8.59. The molecule has 1 fully saturated rings. The number of aromatic nitrogens is 1. The van der Waals surface area contributed by atoms with Crippen molar-refractivity contribution >= 4 is 11.8 Å². The van der Waals surface area contributed by atoms with Gasteiger partial charge in [-0.2, -0.15) is 0 Å². The number of rotatable bonds is 2. The molecule has 1 aliphatic rings. The van der Waals surface area contributed by atoms with Crippen LogP contribution in [0.25, 0.3) is 0 Å². The van der Waals surface area contributed by atoms with Gasteiger partial charge in [0.05, 0.1) is 6.20 Å². The molecule has 1 saturated heterocycles. The summed E-state index contributed by atoms with van der Waals surface area (Å²) in [4.78, 5) is 6.48. The molecule has 72 valence electrons. The Morgan fingerprint density at radius 2 is 2.31 bits per heavy atom. The van der Waals surface area contributed by atoms with Gasteiger partial charge in [0.15, 0.2) is 0 Å². The predicted molar refractivity (Wildman–Crippen MR) is 52.9 cm³/mol. The summed E-state index contributed by atoms with van der Waals surface area (Å²) in [6, 6.07) is 0. The molecule has 13 heavy (non-hydrogen) atoms. The van der Waals surface area contributed by atoms with Gasteiger partial charge in [-0.15, -0.1) is 0 Å². The summed E-state index contributed by atoms with van der Waals surface area (Å²) in [6.07, 6.45) is 5.82. The van der Waals surface area contributed by atoms with Crippen LogP contribution < -0.4 is 0 Å². The third kappa shape index (κ3) is 2.48. The molecule has 0 radical (unpaired) electrons. The number of nitrogens with zero attached hydrogens (tertiary/aromatic N) is 2. The second-order valence-electron chi connectivity index (χ2n) is 3.42. The first-order valence-electron chi connectivity index (χ1n) is 4.59. The first-order chi connectivity index (χ1) is 6.34. The molecular formula is C9H14N2OS. The first kappa shape index (κ1) is 9.09. The smallest absolute Gasteiger partial charge is 0.255 e. The van der Waals surface area contributed by atoms with Crippen LogP contribution in [0.4, 0.5) is 0 Å². The van der Waals surface area contributed by atoms with Gasteiger partial charge in [0.2, 0.25) is 0 Å². The van der Waals surface area contributed by atoms with Gasteiger partial charge in [0, 0.05) is 5.25 Å². The fraction of sp³-hybridized carbons (Fsp3) is 0.667. The van der Waals surface area contributed by atoms with E-state index >= 15 is 0 Å². The fourth-order valence-electron chi connectivity index (χ4n) is 1.51. The van der Waals surface area contributed by atoms with E-state index in [-0.39, 0.29) is 0 Å². The van der Waals surface area contributed by atoms with E-state index in [1.54, 1.807) is 24.2 Å². The highest BCUT2D eigenvalue weighted by Gasteiger charge is 2.18. The highest BCUT2D eigenvalue weighted by molar-refractivity contribution is 7.99. The van der Waals surface area contributed by atoms with Crippen molar-refractivity contribution in [3.05, 3.63) is 12.5 Å². The number of piperidine rings is 1. The Kier molecular flexibility index (Phi) is 2.90. The Bertz CT molecular complexity index is 242. The van der Waals surface area contributed by atoms with Crippen LogP contribution in [-0.4, -0.2) is 35.3 Å². The summed E-state index contributed by atoms with van der Waals surface area (Å²) < 4.78 is 5.20. The van der Waals surface area contributed by atoms with Crippen molar-refractivity contribution in [3.63, 3.8) is 0 Å². The lowest BCUT2D eigenvalue weighted by Gasteiger charge is -2.27. The standard InChI is InChI=1S/C9H14N2OS/c1-11-5-2-8(3-6-11)13-9-10-4-7-12-9/h4,7-8H,2-3,5-6H2,1H3. The van der Waals surface area contributed by atoms with Gasteiger partial charge in [-0.3, -0.25) is 0 Å². The van der Waals surface area contributed by atoms with E-state index in [1.165, 1.54) is 25.9 Å². The van der Waals surface area contributed by atoms with E-state index < -0.39 is 0 Å². The van der Waals surface area contributed by atoms with Gasteiger partial charge in [0.25, 0.3) is 5.22 Å². The van der Waals surface area contributed by atoms with Crippen molar-refractivity contribution in [3.8, 4) is 0 Å². The molecule has 1 aromatic heterocycles. The predicted octanol–water partition coefficient (Wildman–Crippen LogP) is 1.86. The molecule has 0 saturated carbocycles. The van der Waals surface area contributed by atoms with Crippen LogP contribution in [0.2, 0.25) is 0 Å². The second kappa shape index (κ2) is 4.15. The maximum atomic E-state index is 5.20. The minimum Gasteiger partial charge on any atom is -0.440 e. The quantitative estimate of drug-likeness (QED) is 0.725. The SMILES string of the molecule is CN1CCC(Sc2ncco2)CC1. The van der Waals surface area contributed by atoms with Gasteiger partial charge in [-0.1, -0.05) is 11.8 Å². The van der Waals surface area contributed by atoms with Crippen LogP contribution in [0.15, 0.2) is 22.1 Å². The summed E-state index contributed by atoms with van der Waals surface area (Å²) in [7, 11) is 2.17. The number of thioether (sulfide) groups is 1. The number of oxazole rings is 1. The molecule has 3 nitrogen and oxygen atoms in total. The molecule has 0 spiro atoms. The van der Waals surface area contributed by atoms with E-state index in [0.717, 1.165) is 5.22 Å². The van der Waals surface area contributed by atoms with Gasteiger partial charge in [0.1, 0.15) is 6.26 Å². The van der Waals surface area contributed by atoms with Crippen molar-refractivity contribution in [2.45, 2.75) is 23.3 Å². The van der Waals surface area contributed by atoms with Crippen molar-refractivity contribution in [1.82, 2.24) is 9.88 Å². The lowest BCUT2D eigenvalue weighted by Crippen LogP contribution is -2.31. The monoisotopic (exact) mass is 198 g/mol. The Balaban J connectivity index is 1.83. The minimum absolute atomic E-state index is 0.690. The Morgan fingerprint density at radius 1 is 1.54 bits per heavy atom. The van der Waals surface area contributed by atoms with E-state index in [1.807, 2.05) is 0 Å². The van der Waals surface area contributed by atoms with Crippen molar-refractivity contribution in [1.29, 1.82) is 0 Å². The number of hydrogen-bond acceptors (Lipinski definition) is 4. The maximum absolute atomic E-state index is 5.20. The lowest BCUT2D eigenvalue weighted by molar-refractivity contribution is 0.281. The third-order valence-electron chi connectivity index (χ3n) is 2.34. The average Bonchev–Trinajstić information content (AvgIpc) is 2.62. The molecule has 0 N–H and O–H groups in total. The zero-order chi connectivity index (χ0) is 9.10. The normalized spacial score (nSPS) is 20.7. The minimum atomic E-state index is 0.690. The Labute approximate surface area is 82.5 Å². The average molecular weight is 198 g/mol. The van der Waals surface area contributed by atoms with Gasteiger partial charge in [-0.05, 0) is 33.0 Å². The number of hydrogen-bond donors (Lipinski definition) is 0. The molecular weight excluding hydrogens is 184 g/mol. The number of likely N-dealkylation sites (tertiary alicyclic amines) is 1. The molecule has 0 aromatic carbocycles. The summed E-state index contributed by atoms with van der Waals surface area (Å²) in [5.41, 5.74) is 0. The van der Waals surface area contributed by atoms with E-state index in [0.29, 0.717) is 5.25 Å². The molecule has 2 heterocycles. The molecule has 0 unspecified atom stereocenters. The molecule has 0 bridgehead atoms. The van der Waals surface area contributed by atoms with Crippen LogP contribution in [0, 0.1) is 0 Å². The molecule has 0 amide bonds. The molecule has 4 heteroatoms. The van der Waals surface area contributed by atoms with Gasteiger partial charge >= 0.3 is 0 Å². The highest BCUT2D eigenvalue weighted by atomic mass is 32.2. The van der Waals surface area contributed by atoms with Gasteiger partial charge < -0.3 is 9.32 Å². The van der Waals surface area contributed by atoms with Crippen LogP contribution in [0.1, 0.15) is 12.8 Å². The molecule has 0 atom stereocenters. The van der Waals surface area contributed by atoms with Gasteiger partial charge in [-0.25, -0.2) is 4.98 Å². The summed E-state index contributed by atoms with van der Waals surface area (Å²) >= 11 is 1.77. The van der Waals surface area contributed by atoms with Crippen molar-refractivity contribution in [2.75, 3.05) is 20.1 Å². The summed E-state index contributed by atoms with van der Waals surface area (Å²) in [5.74, 6) is 0.